The first-order chi connectivity index (χ1) is 18.4. The van der Waals surface area contributed by atoms with Crippen molar-refractivity contribution in [3.63, 3.8) is 0 Å². The Morgan fingerprint density at radius 1 is 1.13 bits per heavy atom. The van der Waals surface area contributed by atoms with Crippen LogP contribution in [0.2, 0.25) is 0 Å². The van der Waals surface area contributed by atoms with Gasteiger partial charge >= 0.3 is 5.97 Å². The maximum Gasteiger partial charge on any atom is 0.320 e. The highest BCUT2D eigenvalue weighted by Crippen LogP contribution is 2.44. The second-order valence-corrected chi connectivity index (χ2v) is 11.2. The van der Waals surface area contributed by atoms with Gasteiger partial charge in [-0.3, -0.25) is 24.0 Å². The van der Waals surface area contributed by atoms with Gasteiger partial charge in [0.25, 0.3) is 0 Å². The predicted molar refractivity (Wildman–Crippen MR) is 144 cm³/mol. The topological polar surface area (TPSA) is 127 Å². The maximum absolute atomic E-state index is 14.2. The third-order valence-electron chi connectivity index (χ3n) is 7.79. The number of phenolic OH excluding ortho intramolecular Hbond substituents is 1. The lowest BCUT2D eigenvalue weighted by molar-refractivity contribution is -0.156. The number of benzene rings is 1. The van der Waals surface area contributed by atoms with Crippen LogP contribution in [-0.2, 0) is 14.3 Å². The maximum atomic E-state index is 14.2. The number of cyclic esters (lactones) is 1. The molecule has 8 nitrogen and oxygen atoms in total. The zero-order valence-electron chi connectivity index (χ0n) is 23.1. The zero-order valence-corrected chi connectivity index (χ0v) is 23.1. The summed E-state index contributed by atoms with van der Waals surface area (Å²) in [4.78, 5) is 68.0. The molecule has 3 unspecified atom stereocenters. The van der Waals surface area contributed by atoms with E-state index in [0.717, 1.165) is 12.5 Å². The summed E-state index contributed by atoms with van der Waals surface area (Å²) in [6.07, 6.45) is 8.17. The van der Waals surface area contributed by atoms with E-state index in [9.17, 15) is 29.1 Å². The van der Waals surface area contributed by atoms with E-state index in [1.165, 1.54) is 26.0 Å². The average molecular weight is 534 g/mol. The van der Waals surface area contributed by atoms with Gasteiger partial charge in [-0.1, -0.05) is 39.0 Å². The van der Waals surface area contributed by atoms with Crippen molar-refractivity contribution in [2.75, 3.05) is 0 Å². The van der Waals surface area contributed by atoms with E-state index >= 15 is 0 Å². The Labute approximate surface area is 228 Å². The second kappa shape index (κ2) is 10.8. The summed E-state index contributed by atoms with van der Waals surface area (Å²) in [5.74, 6) is -3.48. The summed E-state index contributed by atoms with van der Waals surface area (Å²) >= 11 is 0. The molecule has 4 rings (SSSR count). The van der Waals surface area contributed by atoms with E-state index in [0.29, 0.717) is 19.3 Å². The third-order valence-corrected chi connectivity index (χ3v) is 7.79. The monoisotopic (exact) mass is 533 g/mol. The van der Waals surface area contributed by atoms with Crippen LogP contribution in [0.15, 0.2) is 41.6 Å². The highest BCUT2D eigenvalue weighted by molar-refractivity contribution is 6.32. The zero-order chi connectivity index (χ0) is 28.6. The molecule has 0 saturated carbocycles. The lowest BCUT2D eigenvalue weighted by Gasteiger charge is -2.32. The number of ether oxygens (including phenoxy) is 1. The van der Waals surface area contributed by atoms with E-state index in [4.69, 9.17) is 4.74 Å². The number of hydrogen-bond donors (Lipinski definition) is 2. The summed E-state index contributed by atoms with van der Waals surface area (Å²) in [5.41, 5.74) is -2.70. The Morgan fingerprint density at radius 3 is 2.51 bits per heavy atom. The third kappa shape index (κ3) is 5.12. The van der Waals surface area contributed by atoms with Crippen molar-refractivity contribution >= 4 is 29.2 Å². The molecule has 39 heavy (non-hydrogen) atoms. The molecule has 1 aromatic rings. The van der Waals surface area contributed by atoms with E-state index in [-0.39, 0.29) is 57.5 Å². The van der Waals surface area contributed by atoms with Crippen LogP contribution in [0.4, 0.5) is 0 Å². The molecular formula is C31H35NO7. The number of aryl methyl sites for hydroxylation is 1. The molecule has 0 spiro atoms. The second-order valence-electron chi connectivity index (χ2n) is 11.2. The molecule has 206 valence electrons. The Hall–Kier alpha value is -3.81. The minimum absolute atomic E-state index is 0.0540. The van der Waals surface area contributed by atoms with Crippen molar-refractivity contribution in [3.05, 3.63) is 63.9 Å². The molecule has 1 aliphatic carbocycles. The number of amides is 1. The van der Waals surface area contributed by atoms with Crippen molar-refractivity contribution in [2.24, 2.45) is 17.3 Å². The molecule has 8 heteroatoms. The van der Waals surface area contributed by atoms with Crippen LogP contribution in [0.25, 0.3) is 0 Å². The van der Waals surface area contributed by atoms with Crippen LogP contribution in [0.3, 0.4) is 0 Å². The number of carbonyl (C=O) groups excluding carboxylic acids is 5. The van der Waals surface area contributed by atoms with Crippen LogP contribution < -0.4 is 5.32 Å². The van der Waals surface area contributed by atoms with E-state index < -0.39 is 40.7 Å². The van der Waals surface area contributed by atoms with Crippen LogP contribution in [0, 0.1) is 24.2 Å². The molecule has 0 fully saturated rings. The summed E-state index contributed by atoms with van der Waals surface area (Å²) in [5, 5.41) is 13.4. The Kier molecular flexibility index (Phi) is 7.77. The predicted octanol–water partition coefficient (Wildman–Crippen LogP) is 4.93. The number of nitrogens with one attached hydrogen (secondary N) is 1. The van der Waals surface area contributed by atoms with Gasteiger partial charge in [-0.2, -0.15) is 0 Å². The molecule has 1 amide bonds. The SMILES string of the molecule is CCC1C=CCC(CC(C)C)OC(=O)C2(C)C=CC(=O)NC3=C2C(=O)c2c(cc(C)c(O)c2C(=O)CC1)C3=O. The molecular weight excluding hydrogens is 498 g/mol. The standard InChI is InChI=1S/C31H35NO7/c1-6-18-8-7-9-19(14-16(2)3)39-30(38)31(5)13-12-22(34)32-26-25(31)29(37)23-20(28(26)36)15-17(4)27(35)24(23)21(33)11-10-18/h7-8,12-13,15-16,18-19,35H,6,9-11,14H2,1-5H3,(H,32,34). The van der Waals surface area contributed by atoms with Gasteiger partial charge in [0.05, 0.1) is 11.3 Å². The average Bonchev–Trinajstić information content (AvgIpc) is 3.01. The summed E-state index contributed by atoms with van der Waals surface area (Å²) in [6, 6.07) is 1.34. The largest absolute Gasteiger partial charge is 0.507 e. The van der Waals surface area contributed by atoms with Gasteiger partial charge in [0.1, 0.15) is 17.3 Å². The fraction of sp³-hybridized carbons (Fsp3) is 0.452. The van der Waals surface area contributed by atoms with Gasteiger partial charge in [0.15, 0.2) is 11.6 Å². The van der Waals surface area contributed by atoms with Crippen LogP contribution >= 0.6 is 0 Å². The summed E-state index contributed by atoms with van der Waals surface area (Å²) in [7, 11) is 0. The molecule has 3 atom stereocenters. The number of phenols is 1. The molecule has 2 N–H and O–H groups in total. The first-order valence-electron chi connectivity index (χ1n) is 13.5. The number of esters is 1. The first-order valence-corrected chi connectivity index (χ1v) is 13.5. The highest BCUT2D eigenvalue weighted by Gasteiger charge is 2.50. The number of ketones is 3. The minimum Gasteiger partial charge on any atom is -0.507 e. The number of allylic oxidation sites excluding steroid dienone is 2. The van der Waals surface area contributed by atoms with Gasteiger partial charge in [-0.25, -0.2) is 0 Å². The molecule has 3 aliphatic rings. The number of hydrogen-bond acceptors (Lipinski definition) is 7. The molecule has 2 bridgehead atoms. The smallest absolute Gasteiger partial charge is 0.320 e. The Balaban J connectivity index is 1.99. The number of rotatable bonds is 3. The molecule has 0 saturated heterocycles. The van der Waals surface area contributed by atoms with E-state index in [1.807, 2.05) is 32.9 Å². The van der Waals surface area contributed by atoms with Crippen molar-refractivity contribution in [2.45, 2.75) is 72.8 Å². The Bertz CT molecular complexity index is 1360. The molecule has 1 aromatic carbocycles. The van der Waals surface area contributed by atoms with Gasteiger partial charge in [-0.05, 0) is 56.6 Å². The summed E-state index contributed by atoms with van der Waals surface area (Å²) in [6.45, 7) is 9.01. The lowest BCUT2D eigenvalue weighted by atomic mass is 9.71. The quantitative estimate of drug-likeness (QED) is 0.416. The molecule has 2 aliphatic heterocycles. The highest BCUT2D eigenvalue weighted by atomic mass is 16.5. The van der Waals surface area contributed by atoms with Crippen molar-refractivity contribution in [1.29, 1.82) is 0 Å². The fourth-order valence-electron chi connectivity index (χ4n) is 5.55. The minimum atomic E-state index is -1.80. The van der Waals surface area contributed by atoms with Crippen LogP contribution in [0.5, 0.6) is 5.75 Å². The van der Waals surface area contributed by atoms with Crippen molar-refractivity contribution < 1.29 is 33.8 Å². The van der Waals surface area contributed by atoms with Crippen molar-refractivity contribution in [1.82, 2.24) is 5.32 Å². The molecule has 0 aromatic heterocycles. The van der Waals surface area contributed by atoms with E-state index in [1.54, 1.807) is 0 Å². The fourth-order valence-corrected chi connectivity index (χ4v) is 5.55. The van der Waals surface area contributed by atoms with Gasteiger partial charge < -0.3 is 15.2 Å². The number of aromatic hydroxyl groups is 1. The molecule has 0 radical (unpaired) electrons. The Morgan fingerprint density at radius 2 is 1.85 bits per heavy atom. The normalized spacial score (nSPS) is 25.7. The van der Waals surface area contributed by atoms with E-state index in [2.05, 4.69) is 5.32 Å². The van der Waals surface area contributed by atoms with Crippen LogP contribution in [-0.4, -0.2) is 40.4 Å². The van der Waals surface area contributed by atoms with Crippen molar-refractivity contribution in [3.8, 4) is 5.75 Å². The number of carbonyl (C=O) groups is 5. The lowest BCUT2D eigenvalue weighted by Crippen LogP contribution is -2.42. The van der Waals surface area contributed by atoms with Gasteiger partial charge in [0.2, 0.25) is 11.7 Å². The van der Waals surface area contributed by atoms with Gasteiger partial charge in [0, 0.05) is 35.6 Å². The molecule has 2 heterocycles. The first kappa shape index (κ1) is 28.2. The summed E-state index contributed by atoms with van der Waals surface area (Å²) < 4.78 is 5.98. The number of Topliss-reactive ketones (excluding diaryl/α,β-unsaturated/α-hetero) is 3. The van der Waals surface area contributed by atoms with Crippen LogP contribution in [0.1, 0.15) is 96.4 Å². The van der Waals surface area contributed by atoms with Gasteiger partial charge in [-0.15, -0.1) is 0 Å².